The number of benzene rings is 3. The molecule has 3 aromatic carbocycles. The van der Waals surface area contributed by atoms with Crippen LogP contribution in [0.4, 0.5) is 0 Å². The van der Waals surface area contributed by atoms with Gasteiger partial charge in [0.1, 0.15) is 30.0 Å². The minimum absolute atomic E-state index is 0.253. The van der Waals surface area contributed by atoms with Crippen LogP contribution in [0.25, 0.3) is 0 Å². The third-order valence-corrected chi connectivity index (χ3v) is 6.97. The summed E-state index contributed by atoms with van der Waals surface area (Å²) in [4.78, 5) is 0. The third-order valence-electron chi connectivity index (χ3n) is 6.97. The van der Waals surface area contributed by atoms with Crippen LogP contribution in [0.2, 0.25) is 0 Å². The number of methoxy groups -OCH3 is 2. The van der Waals surface area contributed by atoms with Crippen LogP contribution in [0.15, 0.2) is 91.0 Å². The lowest BCUT2D eigenvalue weighted by atomic mass is 9.80. The SMILES string of the molecule is CO[C@H]1[C@H]([C@@H](COC(c2ccccc2)(c2ccccc2)c2ccccc2)OC)O[C@@H]2OC(C)(C)O[C@@H]21. The summed E-state index contributed by atoms with van der Waals surface area (Å²) in [5.41, 5.74) is 2.22. The molecule has 0 saturated carbocycles. The number of ether oxygens (including phenoxy) is 6. The maximum absolute atomic E-state index is 6.97. The van der Waals surface area contributed by atoms with E-state index in [-0.39, 0.29) is 18.8 Å². The molecular formula is C30H34O6. The van der Waals surface area contributed by atoms with Crippen LogP contribution >= 0.6 is 0 Å². The normalized spacial score (nSPS) is 26.0. The van der Waals surface area contributed by atoms with Gasteiger partial charge in [0.2, 0.25) is 0 Å². The van der Waals surface area contributed by atoms with Gasteiger partial charge in [-0.1, -0.05) is 91.0 Å². The van der Waals surface area contributed by atoms with Crippen LogP contribution in [0, 0.1) is 0 Å². The summed E-state index contributed by atoms with van der Waals surface area (Å²) in [6, 6.07) is 30.8. The maximum atomic E-state index is 6.97. The summed E-state index contributed by atoms with van der Waals surface area (Å²) >= 11 is 0. The van der Waals surface area contributed by atoms with Crippen LogP contribution in [0.1, 0.15) is 30.5 Å². The lowest BCUT2D eigenvalue weighted by molar-refractivity contribution is -0.234. The van der Waals surface area contributed by atoms with Gasteiger partial charge in [-0.3, -0.25) is 0 Å². The highest BCUT2D eigenvalue weighted by Crippen LogP contribution is 2.43. The van der Waals surface area contributed by atoms with E-state index in [1.807, 2.05) is 68.4 Å². The molecule has 2 heterocycles. The Kier molecular flexibility index (Phi) is 7.26. The summed E-state index contributed by atoms with van der Waals surface area (Å²) in [6.07, 6.45) is -2.06. The molecule has 0 aliphatic carbocycles. The molecule has 0 unspecified atom stereocenters. The molecule has 5 rings (SSSR count). The summed E-state index contributed by atoms with van der Waals surface area (Å²) < 4.78 is 37.1. The van der Waals surface area contributed by atoms with Gasteiger partial charge in [0, 0.05) is 14.2 Å². The van der Waals surface area contributed by atoms with Gasteiger partial charge in [-0.15, -0.1) is 0 Å². The van der Waals surface area contributed by atoms with Crippen LogP contribution in [0.3, 0.4) is 0 Å². The Balaban J connectivity index is 1.50. The molecule has 2 fully saturated rings. The Bertz CT molecular complexity index is 1010. The second-order valence-corrected chi connectivity index (χ2v) is 9.63. The molecule has 6 nitrogen and oxygen atoms in total. The van der Waals surface area contributed by atoms with E-state index < -0.39 is 29.9 Å². The molecule has 3 aromatic rings. The molecule has 36 heavy (non-hydrogen) atoms. The monoisotopic (exact) mass is 490 g/mol. The second kappa shape index (κ2) is 10.4. The molecule has 190 valence electrons. The third kappa shape index (κ3) is 4.61. The van der Waals surface area contributed by atoms with Crippen LogP contribution in [-0.4, -0.2) is 57.3 Å². The molecule has 0 aromatic heterocycles. The standard InChI is InChI=1S/C30H34O6/c1-29(2)35-27-26(32-4)25(34-28(27)36-29)24(31-3)20-33-30(21-14-8-5-9-15-21,22-16-10-6-11-17-22)23-18-12-7-13-19-23/h5-19,24-28H,20H2,1-4H3/t24-,25+,26+,27-,28-/m1/s1. The van der Waals surface area contributed by atoms with E-state index >= 15 is 0 Å². The number of rotatable bonds is 9. The van der Waals surface area contributed by atoms with E-state index in [2.05, 4.69) is 36.4 Å². The Labute approximate surface area is 213 Å². The zero-order valence-corrected chi connectivity index (χ0v) is 21.2. The fourth-order valence-corrected chi connectivity index (χ4v) is 5.34. The lowest BCUT2D eigenvalue weighted by Crippen LogP contribution is -2.46. The highest BCUT2D eigenvalue weighted by molar-refractivity contribution is 5.47. The summed E-state index contributed by atoms with van der Waals surface area (Å²) in [7, 11) is 3.33. The Hall–Kier alpha value is -2.58. The lowest BCUT2D eigenvalue weighted by Gasteiger charge is -2.38. The molecule has 0 bridgehead atoms. The minimum atomic E-state index is -0.855. The van der Waals surface area contributed by atoms with Crippen molar-refractivity contribution in [2.45, 2.75) is 55.9 Å². The average molecular weight is 491 g/mol. The van der Waals surface area contributed by atoms with E-state index in [4.69, 9.17) is 28.4 Å². The van der Waals surface area contributed by atoms with Crippen molar-refractivity contribution in [2.75, 3.05) is 20.8 Å². The molecule has 0 amide bonds. The Morgan fingerprint density at radius 2 is 1.28 bits per heavy atom. The first-order valence-electron chi connectivity index (χ1n) is 12.4. The van der Waals surface area contributed by atoms with Crippen molar-refractivity contribution < 1.29 is 28.4 Å². The molecule has 0 radical (unpaired) electrons. The average Bonchev–Trinajstić information content (AvgIpc) is 3.39. The Morgan fingerprint density at radius 3 is 1.72 bits per heavy atom. The van der Waals surface area contributed by atoms with E-state index in [1.54, 1.807) is 14.2 Å². The fraction of sp³-hybridized carbons (Fsp3) is 0.400. The van der Waals surface area contributed by atoms with Crippen LogP contribution in [0.5, 0.6) is 0 Å². The van der Waals surface area contributed by atoms with E-state index in [9.17, 15) is 0 Å². The smallest absolute Gasteiger partial charge is 0.190 e. The van der Waals surface area contributed by atoms with Gasteiger partial charge in [-0.05, 0) is 30.5 Å². The van der Waals surface area contributed by atoms with Crippen molar-refractivity contribution in [2.24, 2.45) is 0 Å². The molecule has 5 atom stereocenters. The number of fused-ring (bicyclic) bond motifs is 1. The van der Waals surface area contributed by atoms with Gasteiger partial charge < -0.3 is 28.4 Å². The van der Waals surface area contributed by atoms with Crippen molar-refractivity contribution in [3.8, 4) is 0 Å². The van der Waals surface area contributed by atoms with Crippen molar-refractivity contribution >= 4 is 0 Å². The summed E-state index contributed by atoms with van der Waals surface area (Å²) in [5, 5.41) is 0. The van der Waals surface area contributed by atoms with Crippen LogP contribution in [-0.2, 0) is 34.0 Å². The van der Waals surface area contributed by atoms with Gasteiger partial charge in [0.05, 0.1) is 6.61 Å². The van der Waals surface area contributed by atoms with Crippen molar-refractivity contribution in [1.82, 2.24) is 0 Å². The predicted molar refractivity (Wildman–Crippen MR) is 135 cm³/mol. The van der Waals surface area contributed by atoms with E-state index in [0.717, 1.165) is 16.7 Å². The molecule has 0 spiro atoms. The summed E-state index contributed by atoms with van der Waals surface area (Å²) in [5.74, 6) is -0.723. The first-order valence-corrected chi connectivity index (χ1v) is 12.4. The van der Waals surface area contributed by atoms with Gasteiger partial charge in [0.15, 0.2) is 12.1 Å². The van der Waals surface area contributed by atoms with Crippen molar-refractivity contribution in [1.29, 1.82) is 0 Å². The first kappa shape index (κ1) is 25.1. The van der Waals surface area contributed by atoms with Gasteiger partial charge in [-0.25, -0.2) is 0 Å². The zero-order chi connectivity index (χ0) is 25.2. The van der Waals surface area contributed by atoms with E-state index in [1.165, 1.54) is 0 Å². The second-order valence-electron chi connectivity index (χ2n) is 9.63. The largest absolute Gasteiger partial charge is 0.376 e. The van der Waals surface area contributed by atoms with Gasteiger partial charge in [0.25, 0.3) is 0 Å². The first-order chi connectivity index (χ1) is 17.5. The fourth-order valence-electron chi connectivity index (χ4n) is 5.34. The molecule has 2 aliphatic rings. The molecular weight excluding hydrogens is 456 g/mol. The molecule has 6 heteroatoms. The predicted octanol–water partition coefficient (Wildman–Crippen LogP) is 4.90. The highest BCUT2D eigenvalue weighted by atomic mass is 16.8. The van der Waals surface area contributed by atoms with Crippen LogP contribution < -0.4 is 0 Å². The highest BCUT2D eigenvalue weighted by Gasteiger charge is 2.57. The molecule has 0 N–H and O–H groups in total. The van der Waals surface area contributed by atoms with Gasteiger partial charge >= 0.3 is 0 Å². The number of hydrogen-bond donors (Lipinski definition) is 0. The molecule has 2 aliphatic heterocycles. The zero-order valence-electron chi connectivity index (χ0n) is 21.2. The number of hydrogen-bond acceptors (Lipinski definition) is 6. The Morgan fingerprint density at radius 1 is 0.778 bits per heavy atom. The van der Waals surface area contributed by atoms with Gasteiger partial charge in [-0.2, -0.15) is 0 Å². The van der Waals surface area contributed by atoms with E-state index in [0.29, 0.717) is 0 Å². The minimum Gasteiger partial charge on any atom is -0.376 e. The quantitative estimate of drug-likeness (QED) is 0.398. The van der Waals surface area contributed by atoms with Crippen molar-refractivity contribution in [3.63, 3.8) is 0 Å². The van der Waals surface area contributed by atoms with Crippen molar-refractivity contribution in [3.05, 3.63) is 108 Å². The topological polar surface area (TPSA) is 55.4 Å². The summed E-state index contributed by atoms with van der Waals surface area (Å²) in [6.45, 7) is 4.01. The maximum Gasteiger partial charge on any atom is 0.190 e. The molecule has 2 saturated heterocycles.